The lowest BCUT2D eigenvalue weighted by Crippen LogP contribution is -2.39. The van der Waals surface area contributed by atoms with E-state index in [1.54, 1.807) is 7.05 Å². The van der Waals surface area contributed by atoms with Crippen molar-refractivity contribution < 1.29 is 14.5 Å². The number of nitrogens with zero attached hydrogens (tertiary/aromatic N) is 1. The van der Waals surface area contributed by atoms with Gasteiger partial charge in [-0.05, 0) is 19.2 Å². The molecule has 1 aromatic carbocycles. The highest BCUT2D eigenvalue weighted by molar-refractivity contribution is 6.31. The number of likely N-dealkylation sites (N-methyl/N-ethyl adjacent to an activating group) is 1. The van der Waals surface area contributed by atoms with Gasteiger partial charge >= 0.3 is 0 Å². The maximum Gasteiger partial charge on any atom is 0.294 e. The summed E-state index contributed by atoms with van der Waals surface area (Å²) in [4.78, 5) is 22.5. The molecule has 1 aromatic rings. The number of rotatable bonds is 4. The van der Waals surface area contributed by atoms with Crippen LogP contribution >= 0.6 is 11.6 Å². The summed E-state index contributed by atoms with van der Waals surface area (Å²) in [6.45, 7) is 0.732. The van der Waals surface area contributed by atoms with E-state index in [9.17, 15) is 14.9 Å². The van der Waals surface area contributed by atoms with Gasteiger partial charge < -0.3 is 15.4 Å². The first kappa shape index (κ1) is 14.7. The van der Waals surface area contributed by atoms with Gasteiger partial charge in [-0.2, -0.15) is 0 Å². The van der Waals surface area contributed by atoms with Crippen LogP contribution in [0.15, 0.2) is 18.2 Å². The van der Waals surface area contributed by atoms with Gasteiger partial charge in [0, 0.05) is 17.1 Å². The van der Waals surface area contributed by atoms with E-state index in [2.05, 4.69) is 10.6 Å². The molecule has 0 aromatic heterocycles. The maximum atomic E-state index is 12.2. The molecule has 0 saturated carbocycles. The van der Waals surface area contributed by atoms with Gasteiger partial charge in [-0.15, -0.1) is 0 Å². The van der Waals surface area contributed by atoms with E-state index < -0.39 is 4.92 Å². The molecule has 0 aliphatic carbocycles. The minimum Gasteiger partial charge on any atom is -0.379 e. The fourth-order valence-corrected chi connectivity index (χ4v) is 2.25. The molecule has 2 rings (SSSR count). The first-order chi connectivity index (χ1) is 9.52. The molecule has 1 fully saturated rings. The van der Waals surface area contributed by atoms with Crippen molar-refractivity contribution in [3.8, 4) is 0 Å². The summed E-state index contributed by atoms with van der Waals surface area (Å²) in [6, 6.07) is 4.02. The maximum absolute atomic E-state index is 12.2. The molecule has 2 N–H and O–H groups in total. The quantitative estimate of drug-likeness (QED) is 0.648. The number of ether oxygens (including phenoxy) is 1. The van der Waals surface area contributed by atoms with Crippen LogP contribution in [-0.4, -0.2) is 37.1 Å². The van der Waals surface area contributed by atoms with Gasteiger partial charge in [0.15, 0.2) is 0 Å². The molecule has 1 amide bonds. The normalized spacial score (nSPS) is 21.7. The number of amides is 1. The Hall–Kier alpha value is -1.70. The summed E-state index contributed by atoms with van der Waals surface area (Å²) < 4.78 is 5.24. The van der Waals surface area contributed by atoms with E-state index in [4.69, 9.17) is 16.3 Å². The van der Waals surface area contributed by atoms with Gasteiger partial charge in [-0.1, -0.05) is 11.6 Å². The van der Waals surface area contributed by atoms with E-state index in [0.717, 1.165) is 0 Å². The minimum atomic E-state index is -0.581. The summed E-state index contributed by atoms with van der Waals surface area (Å²) >= 11 is 5.72. The molecule has 7 nitrogen and oxygen atoms in total. The number of hydrogen-bond donors (Lipinski definition) is 2. The Morgan fingerprint density at radius 2 is 2.25 bits per heavy atom. The van der Waals surface area contributed by atoms with Crippen LogP contribution in [0.3, 0.4) is 0 Å². The molecule has 1 heterocycles. The third-order valence-corrected chi connectivity index (χ3v) is 3.44. The van der Waals surface area contributed by atoms with E-state index in [-0.39, 0.29) is 34.3 Å². The first-order valence-corrected chi connectivity index (χ1v) is 6.40. The van der Waals surface area contributed by atoms with Crippen molar-refractivity contribution in [1.82, 2.24) is 5.32 Å². The van der Waals surface area contributed by atoms with E-state index in [1.165, 1.54) is 18.2 Å². The second-order valence-electron chi connectivity index (χ2n) is 4.45. The number of carbonyl (C=O) groups excluding carboxylic acids is 1. The third-order valence-electron chi connectivity index (χ3n) is 3.20. The van der Waals surface area contributed by atoms with Crippen molar-refractivity contribution >= 4 is 28.9 Å². The second kappa shape index (κ2) is 6.17. The molecule has 1 saturated heterocycles. The Kier molecular flexibility index (Phi) is 4.53. The zero-order valence-corrected chi connectivity index (χ0v) is 11.5. The van der Waals surface area contributed by atoms with Crippen LogP contribution in [0.4, 0.5) is 11.4 Å². The molecule has 2 atom stereocenters. The summed E-state index contributed by atoms with van der Waals surface area (Å²) in [6.07, 6.45) is 0. The molecular formula is C12H14ClN3O4. The SMILES string of the molecule is CNC1COCC1C(=O)Nc1ccc(Cl)cc1[N+](=O)[O-]. The lowest BCUT2D eigenvalue weighted by Gasteiger charge is -2.16. The lowest BCUT2D eigenvalue weighted by atomic mass is 10.0. The van der Waals surface area contributed by atoms with Gasteiger partial charge in [0.25, 0.3) is 5.69 Å². The lowest BCUT2D eigenvalue weighted by molar-refractivity contribution is -0.383. The first-order valence-electron chi connectivity index (χ1n) is 6.02. The van der Waals surface area contributed by atoms with Crippen LogP contribution in [-0.2, 0) is 9.53 Å². The van der Waals surface area contributed by atoms with Crippen molar-refractivity contribution in [2.45, 2.75) is 6.04 Å². The Morgan fingerprint density at radius 3 is 2.90 bits per heavy atom. The Labute approximate surface area is 120 Å². The number of halogens is 1. The molecule has 0 radical (unpaired) electrons. The predicted octanol–water partition coefficient (Wildman–Crippen LogP) is 1.42. The molecule has 108 valence electrons. The number of anilines is 1. The largest absolute Gasteiger partial charge is 0.379 e. The van der Waals surface area contributed by atoms with Crippen LogP contribution in [0.5, 0.6) is 0 Å². The molecule has 2 unspecified atom stereocenters. The summed E-state index contributed by atoms with van der Waals surface area (Å²) in [5.74, 6) is -0.692. The van der Waals surface area contributed by atoms with Crippen molar-refractivity contribution in [2.24, 2.45) is 5.92 Å². The molecule has 1 aliphatic rings. The van der Waals surface area contributed by atoms with Crippen molar-refractivity contribution in [1.29, 1.82) is 0 Å². The van der Waals surface area contributed by atoms with E-state index in [0.29, 0.717) is 13.2 Å². The average molecular weight is 300 g/mol. The number of benzene rings is 1. The Bertz CT molecular complexity index is 537. The number of nitrogens with one attached hydrogen (secondary N) is 2. The highest BCUT2D eigenvalue weighted by Gasteiger charge is 2.33. The zero-order valence-electron chi connectivity index (χ0n) is 10.8. The van der Waals surface area contributed by atoms with Gasteiger partial charge in [-0.3, -0.25) is 14.9 Å². The predicted molar refractivity (Wildman–Crippen MR) is 73.9 cm³/mol. The fourth-order valence-electron chi connectivity index (χ4n) is 2.08. The molecule has 1 aliphatic heterocycles. The second-order valence-corrected chi connectivity index (χ2v) is 4.88. The third kappa shape index (κ3) is 3.06. The van der Waals surface area contributed by atoms with Gasteiger partial charge in [0.05, 0.1) is 24.1 Å². The van der Waals surface area contributed by atoms with Crippen LogP contribution in [0, 0.1) is 16.0 Å². The summed E-state index contributed by atoms with van der Waals surface area (Å²) in [7, 11) is 1.74. The van der Waals surface area contributed by atoms with Gasteiger partial charge in [0.2, 0.25) is 5.91 Å². The fraction of sp³-hybridized carbons (Fsp3) is 0.417. The number of nitro benzene ring substituents is 1. The highest BCUT2D eigenvalue weighted by Crippen LogP contribution is 2.28. The average Bonchev–Trinajstić information content (AvgIpc) is 2.89. The summed E-state index contributed by atoms with van der Waals surface area (Å²) in [5, 5.41) is 16.8. The van der Waals surface area contributed by atoms with Gasteiger partial charge in [-0.25, -0.2) is 0 Å². The molecule has 8 heteroatoms. The summed E-state index contributed by atoms with van der Waals surface area (Å²) in [5.41, 5.74) is -0.100. The Morgan fingerprint density at radius 1 is 1.50 bits per heavy atom. The zero-order chi connectivity index (χ0) is 14.7. The topological polar surface area (TPSA) is 93.5 Å². The molecular weight excluding hydrogens is 286 g/mol. The minimum absolute atomic E-state index is 0.0960. The highest BCUT2D eigenvalue weighted by atomic mass is 35.5. The van der Waals surface area contributed by atoms with E-state index >= 15 is 0 Å². The van der Waals surface area contributed by atoms with Crippen molar-refractivity contribution in [3.05, 3.63) is 33.3 Å². The van der Waals surface area contributed by atoms with E-state index in [1.807, 2.05) is 0 Å². The number of carbonyl (C=O) groups is 1. The van der Waals surface area contributed by atoms with Gasteiger partial charge in [0.1, 0.15) is 5.69 Å². The molecule has 0 spiro atoms. The van der Waals surface area contributed by atoms with Crippen molar-refractivity contribution in [2.75, 3.05) is 25.6 Å². The number of nitro groups is 1. The standard InChI is InChI=1S/C12H14ClN3O4/c1-14-10-6-20-5-8(10)12(17)15-9-3-2-7(13)4-11(9)16(18)19/h2-4,8,10,14H,5-6H2,1H3,(H,15,17). The Balaban J connectivity index is 2.17. The van der Waals surface area contributed by atoms with Crippen molar-refractivity contribution in [3.63, 3.8) is 0 Å². The van der Waals surface area contributed by atoms with Crippen LogP contribution < -0.4 is 10.6 Å². The monoisotopic (exact) mass is 299 g/mol. The smallest absolute Gasteiger partial charge is 0.294 e. The van der Waals surface area contributed by atoms with Crippen LogP contribution in [0.2, 0.25) is 5.02 Å². The van der Waals surface area contributed by atoms with Crippen LogP contribution in [0.25, 0.3) is 0 Å². The van der Waals surface area contributed by atoms with Crippen LogP contribution in [0.1, 0.15) is 0 Å². The number of hydrogen-bond acceptors (Lipinski definition) is 5. The molecule has 20 heavy (non-hydrogen) atoms. The molecule has 0 bridgehead atoms.